The summed E-state index contributed by atoms with van der Waals surface area (Å²) in [6.07, 6.45) is 11.0. The van der Waals surface area contributed by atoms with Crippen molar-refractivity contribution in [1.29, 1.82) is 0 Å². The molecular formula is C13H26Si2. The number of hydrogen-bond donors (Lipinski definition) is 0. The third kappa shape index (κ3) is 6.01. The van der Waals surface area contributed by atoms with Crippen molar-refractivity contribution in [3.05, 3.63) is 10.9 Å². The van der Waals surface area contributed by atoms with Crippen LogP contribution in [0.25, 0.3) is 0 Å². The van der Waals surface area contributed by atoms with E-state index in [1.165, 1.54) is 6.42 Å². The maximum absolute atomic E-state index is 5.26. The van der Waals surface area contributed by atoms with Crippen LogP contribution in [0, 0.1) is 12.3 Å². The summed E-state index contributed by atoms with van der Waals surface area (Å²) in [5.74, 6) is 2.71. The van der Waals surface area contributed by atoms with Crippen LogP contribution >= 0.6 is 0 Å². The first-order chi connectivity index (χ1) is 6.69. The smallest absolute Gasteiger partial charge is 0.0677 e. The maximum atomic E-state index is 5.26. The standard InChI is InChI=1S/C13H26Si2/c1-8-9-10-11-12-13(14(2,3)4)15(5,6)7/h1,12H,9-11H2,2-7H3. The predicted octanol–water partition coefficient (Wildman–Crippen LogP) is 4.47. The molecule has 0 nitrogen and oxygen atoms in total. The van der Waals surface area contributed by atoms with E-state index in [0.717, 1.165) is 12.8 Å². The number of unbranched alkanes of at least 4 members (excludes halogenated alkanes) is 2. The molecule has 0 aliphatic heterocycles. The van der Waals surface area contributed by atoms with Crippen LogP contribution in [-0.2, 0) is 0 Å². The fraction of sp³-hybridized carbons (Fsp3) is 0.692. The molecule has 0 aromatic rings. The van der Waals surface area contributed by atoms with Gasteiger partial charge in [0.1, 0.15) is 0 Å². The van der Waals surface area contributed by atoms with Gasteiger partial charge in [0.2, 0.25) is 0 Å². The van der Waals surface area contributed by atoms with Gasteiger partial charge in [-0.3, -0.25) is 0 Å². The minimum absolute atomic E-state index is 0.918. The number of rotatable bonds is 5. The van der Waals surface area contributed by atoms with Crippen LogP contribution in [0.5, 0.6) is 0 Å². The Labute approximate surface area is 98.2 Å². The van der Waals surface area contributed by atoms with Gasteiger partial charge in [-0.2, -0.15) is 0 Å². The molecule has 15 heavy (non-hydrogen) atoms. The summed E-state index contributed by atoms with van der Waals surface area (Å²) in [7, 11) is -2.22. The van der Waals surface area contributed by atoms with Gasteiger partial charge in [0, 0.05) is 6.42 Å². The zero-order chi connectivity index (χ0) is 12.1. The zero-order valence-electron chi connectivity index (χ0n) is 11.3. The molecule has 0 bridgehead atoms. The Morgan fingerprint density at radius 2 is 1.53 bits per heavy atom. The second kappa shape index (κ2) is 5.72. The van der Waals surface area contributed by atoms with E-state index in [1.807, 2.05) is 4.82 Å². The molecule has 0 saturated carbocycles. The molecule has 0 atom stereocenters. The molecule has 0 amide bonds. The van der Waals surface area contributed by atoms with Gasteiger partial charge < -0.3 is 0 Å². The van der Waals surface area contributed by atoms with Crippen molar-refractivity contribution in [2.24, 2.45) is 0 Å². The van der Waals surface area contributed by atoms with Gasteiger partial charge >= 0.3 is 0 Å². The molecule has 0 heterocycles. The van der Waals surface area contributed by atoms with E-state index in [9.17, 15) is 0 Å². The van der Waals surface area contributed by atoms with Crippen molar-refractivity contribution in [2.45, 2.75) is 58.5 Å². The van der Waals surface area contributed by atoms with Crippen molar-refractivity contribution in [2.75, 3.05) is 0 Å². The van der Waals surface area contributed by atoms with Crippen molar-refractivity contribution in [3.63, 3.8) is 0 Å². The number of allylic oxidation sites excluding steroid dienone is 1. The highest BCUT2D eigenvalue weighted by Gasteiger charge is 2.30. The van der Waals surface area contributed by atoms with E-state index in [2.05, 4.69) is 51.3 Å². The minimum Gasteiger partial charge on any atom is -0.120 e. The maximum Gasteiger partial charge on any atom is 0.0677 e. The Balaban J connectivity index is 4.61. The quantitative estimate of drug-likeness (QED) is 0.377. The van der Waals surface area contributed by atoms with Gasteiger partial charge in [-0.15, -0.1) is 12.3 Å². The number of hydrogen-bond acceptors (Lipinski definition) is 0. The molecule has 0 N–H and O–H groups in total. The molecule has 0 radical (unpaired) electrons. The van der Waals surface area contributed by atoms with Gasteiger partial charge in [0.05, 0.1) is 16.1 Å². The molecular weight excluding hydrogens is 212 g/mol. The summed E-state index contributed by atoms with van der Waals surface area (Å²) in [6, 6.07) is 0. The molecule has 86 valence electrons. The highest BCUT2D eigenvalue weighted by atomic mass is 28.4. The van der Waals surface area contributed by atoms with Crippen molar-refractivity contribution in [3.8, 4) is 12.3 Å². The van der Waals surface area contributed by atoms with E-state index in [0.29, 0.717) is 0 Å². The summed E-state index contributed by atoms with van der Waals surface area (Å²) in [5, 5.41) is 0. The van der Waals surface area contributed by atoms with Crippen molar-refractivity contribution >= 4 is 16.1 Å². The lowest BCUT2D eigenvalue weighted by Gasteiger charge is -2.31. The second-order valence-corrected chi connectivity index (χ2v) is 16.8. The number of terminal acetylenes is 1. The van der Waals surface area contributed by atoms with Gasteiger partial charge in [-0.05, 0) is 12.8 Å². The molecule has 0 aromatic carbocycles. The van der Waals surface area contributed by atoms with Gasteiger partial charge in [-0.1, -0.05) is 50.2 Å². The van der Waals surface area contributed by atoms with Gasteiger partial charge in [0.15, 0.2) is 0 Å². The largest absolute Gasteiger partial charge is 0.120 e. The molecule has 0 aromatic heterocycles. The predicted molar refractivity (Wildman–Crippen MR) is 77.5 cm³/mol. The lowest BCUT2D eigenvalue weighted by molar-refractivity contribution is 0.885. The summed E-state index contributed by atoms with van der Waals surface area (Å²) in [4.78, 5) is 1.81. The fourth-order valence-electron chi connectivity index (χ4n) is 2.19. The summed E-state index contributed by atoms with van der Waals surface area (Å²) in [5.41, 5.74) is 0. The first kappa shape index (κ1) is 14.7. The normalized spacial score (nSPS) is 12.1. The lowest BCUT2D eigenvalue weighted by Crippen LogP contribution is -2.39. The Morgan fingerprint density at radius 3 is 1.87 bits per heavy atom. The highest BCUT2D eigenvalue weighted by molar-refractivity contribution is 7.04. The van der Waals surface area contributed by atoms with Crippen LogP contribution in [-0.4, -0.2) is 16.1 Å². The van der Waals surface area contributed by atoms with Crippen molar-refractivity contribution in [1.82, 2.24) is 0 Å². The molecule has 0 unspecified atom stereocenters. The summed E-state index contributed by atoms with van der Waals surface area (Å²) < 4.78 is 0. The van der Waals surface area contributed by atoms with Crippen LogP contribution in [0.3, 0.4) is 0 Å². The summed E-state index contributed by atoms with van der Waals surface area (Å²) in [6.45, 7) is 14.7. The molecule has 0 aliphatic carbocycles. The van der Waals surface area contributed by atoms with E-state index < -0.39 is 16.1 Å². The molecule has 0 spiro atoms. The van der Waals surface area contributed by atoms with Crippen LogP contribution < -0.4 is 0 Å². The average molecular weight is 239 g/mol. The lowest BCUT2D eigenvalue weighted by atomic mass is 10.2. The minimum atomic E-state index is -1.11. The van der Waals surface area contributed by atoms with E-state index in [1.54, 1.807) is 0 Å². The molecule has 0 fully saturated rings. The van der Waals surface area contributed by atoms with Crippen LogP contribution in [0.1, 0.15) is 19.3 Å². The second-order valence-electron chi connectivity index (χ2n) is 6.21. The molecule has 0 aliphatic rings. The first-order valence-corrected chi connectivity index (χ1v) is 12.8. The van der Waals surface area contributed by atoms with Crippen LogP contribution in [0.4, 0.5) is 0 Å². The third-order valence-corrected chi connectivity index (χ3v) is 10.6. The zero-order valence-corrected chi connectivity index (χ0v) is 13.3. The van der Waals surface area contributed by atoms with E-state index in [4.69, 9.17) is 6.42 Å². The Morgan fingerprint density at radius 1 is 1.07 bits per heavy atom. The Kier molecular flexibility index (Phi) is 5.62. The fourth-order valence-corrected chi connectivity index (χ4v) is 12.7. The monoisotopic (exact) mass is 238 g/mol. The third-order valence-electron chi connectivity index (χ3n) is 2.49. The molecule has 0 rings (SSSR count). The van der Waals surface area contributed by atoms with E-state index in [-0.39, 0.29) is 0 Å². The Hall–Kier alpha value is -0.266. The summed E-state index contributed by atoms with van der Waals surface area (Å²) >= 11 is 0. The molecule has 2 heteroatoms. The van der Waals surface area contributed by atoms with Gasteiger partial charge in [-0.25, -0.2) is 0 Å². The SMILES string of the molecule is C#CCCCC=C([Si](C)(C)C)[Si](C)(C)C. The van der Waals surface area contributed by atoms with Gasteiger partial charge in [0.25, 0.3) is 0 Å². The Bertz CT molecular complexity index is 240. The molecule has 0 saturated heterocycles. The van der Waals surface area contributed by atoms with E-state index >= 15 is 0 Å². The topological polar surface area (TPSA) is 0 Å². The first-order valence-electron chi connectivity index (χ1n) is 5.84. The van der Waals surface area contributed by atoms with Crippen LogP contribution in [0.15, 0.2) is 10.9 Å². The van der Waals surface area contributed by atoms with Crippen molar-refractivity contribution < 1.29 is 0 Å². The average Bonchev–Trinajstić information content (AvgIpc) is 1.99. The highest BCUT2D eigenvalue weighted by Crippen LogP contribution is 2.26. The van der Waals surface area contributed by atoms with Crippen LogP contribution in [0.2, 0.25) is 39.3 Å².